The molecule has 102 valence electrons. The van der Waals surface area contributed by atoms with Gasteiger partial charge in [0.25, 0.3) is 0 Å². The first kappa shape index (κ1) is 13.4. The minimum absolute atomic E-state index is 0.0183. The summed E-state index contributed by atoms with van der Waals surface area (Å²) >= 11 is 0. The summed E-state index contributed by atoms with van der Waals surface area (Å²) in [5, 5.41) is 2.75. The largest absolute Gasteiger partial charge is 0.399 e. The fourth-order valence-electron chi connectivity index (χ4n) is 2.27. The van der Waals surface area contributed by atoms with Gasteiger partial charge in [-0.05, 0) is 31.0 Å². The van der Waals surface area contributed by atoms with Gasteiger partial charge >= 0.3 is 0 Å². The molecule has 5 heteroatoms. The highest BCUT2D eigenvalue weighted by Gasteiger charge is 2.28. The molecule has 1 fully saturated rings. The number of amides is 2. The van der Waals surface area contributed by atoms with Crippen molar-refractivity contribution in [2.75, 3.05) is 18.8 Å². The Kier molecular flexibility index (Phi) is 4.04. The normalized spacial score (nSPS) is 19.1. The number of aryl methyl sites for hydroxylation is 1. The first-order chi connectivity index (χ1) is 9.08. The van der Waals surface area contributed by atoms with Crippen molar-refractivity contribution in [3.63, 3.8) is 0 Å². The number of anilines is 1. The fourth-order valence-corrected chi connectivity index (χ4v) is 2.27. The van der Waals surface area contributed by atoms with E-state index in [-0.39, 0.29) is 17.9 Å². The van der Waals surface area contributed by atoms with Gasteiger partial charge in [-0.15, -0.1) is 0 Å². The number of hydrogen-bond donors (Lipinski definition) is 2. The Hall–Kier alpha value is -2.04. The lowest BCUT2D eigenvalue weighted by Crippen LogP contribution is -2.55. The predicted molar refractivity (Wildman–Crippen MR) is 73.4 cm³/mol. The second-order valence-corrected chi connectivity index (χ2v) is 4.80. The molecule has 0 spiro atoms. The van der Waals surface area contributed by atoms with Gasteiger partial charge < -0.3 is 16.0 Å². The number of carbonyl (C=O) groups excluding carboxylic acids is 2. The third-order valence-electron chi connectivity index (χ3n) is 3.40. The van der Waals surface area contributed by atoms with Crippen molar-refractivity contribution >= 4 is 17.5 Å². The Bertz CT molecular complexity index is 487. The molecule has 0 saturated carbocycles. The SMILES string of the molecule is CC1C(=O)NCCN1C(=O)CCc1cccc(N)c1. The molecule has 5 nitrogen and oxygen atoms in total. The van der Waals surface area contributed by atoms with Gasteiger partial charge in [-0.2, -0.15) is 0 Å². The van der Waals surface area contributed by atoms with Crippen molar-refractivity contribution < 1.29 is 9.59 Å². The Labute approximate surface area is 112 Å². The van der Waals surface area contributed by atoms with Gasteiger partial charge in [0.15, 0.2) is 0 Å². The lowest BCUT2D eigenvalue weighted by Gasteiger charge is -2.32. The smallest absolute Gasteiger partial charge is 0.242 e. The van der Waals surface area contributed by atoms with E-state index in [4.69, 9.17) is 5.73 Å². The summed E-state index contributed by atoms with van der Waals surface area (Å²) < 4.78 is 0. The molecule has 0 aromatic heterocycles. The van der Waals surface area contributed by atoms with Crippen LogP contribution in [0.25, 0.3) is 0 Å². The van der Waals surface area contributed by atoms with E-state index in [0.717, 1.165) is 5.56 Å². The Morgan fingerprint density at radius 3 is 3.05 bits per heavy atom. The van der Waals surface area contributed by atoms with Crippen molar-refractivity contribution in [1.29, 1.82) is 0 Å². The molecule has 0 radical (unpaired) electrons. The molecule has 1 aromatic carbocycles. The molecule has 0 aliphatic carbocycles. The van der Waals surface area contributed by atoms with E-state index in [9.17, 15) is 9.59 Å². The molecule has 3 N–H and O–H groups in total. The fraction of sp³-hybridized carbons (Fsp3) is 0.429. The standard InChI is InChI=1S/C14H19N3O2/c1-10-14(19)16-7-8-17(10)13(18)6-5-11-3-2-4-12(15)9-11/h2-4,9-10H,5-8,15H2,1H3,(H,16,19). The molecule has 1 aliphatic rings. The summed E-state index contributed by atoms with van der Waals surface area (Å²) in [4.78, 5) is 25.3. The van der Waals surface area contributed by atoms with Gasteiger partial charge in [-0.25, -0.2) is 0 Å². The topological polar surface area (TPSA) is 75.4 Å². The zero-order valence-corrected chi connectivity index (χ0v) is 11.1. The molecule has 0 bridgehead atoms. The summed E-state index contributed by atoms with van der Waals surface area (Å²) in [6.45, 7) is 2.88. The van der Waals surface area contributed by atoms with Gasteiger partial charge in [-0.1, -0.05) is 12.1 Å². The lowest BCUT2D eigenvalue weighted by atomic mass is 10.1. The number of piperazine rings is 1. The van der Waals surface area contributed by atoms with Crippen LogP contribution in [0.15, 0.2) is 24.3 Å². The molecule has 2 amide bonds. The third-order valence-corrected chi connectivity index (χ3v) is 3.40. The minimum Gasteiger partial charge on any atom is -0.399 e. The number of hydrogen-bond acceptors (Lipinski definition) is 3. The molecule has 1 unspecified atom stereocenters. The monoisotopic (exact) mass is 261 g/mol. The summed E-state index contributed by atoms with van der Waals surface area (Å²) in [5.74, 6) is -0.0617. The summed E-state index contributed by atoms with van der Waals surface area (Å²) in [7, 11) is 0. The first-order valence-corrected chi connectivity index (χ1v) is 6.49. The first-order valence-electron chi connectivity index (χ1n) is 6.49. The highest BCUT2D eigenvalue weighted by molar-refractivity contribution is 5.88. The summed E-state index contributed by atoms with van der Waals surface area (Å²) in [5.41, 5.74) is 7.45. The highest BCUT2D eigenvalue weighted by atomic mass is 16.2. The van der Waals surface area contributed by atoms with E-state index < -0.39 is 0 Å². The van der Waals surface area contributed by atoms with Crippen molar-refractivity contribution in [3.05, 3.63) is 29.8 Å². The van der Waals surface area contributed by atoms with Crippen LogP contribution in [0.2, 0.25) is 0 Å². The summed E-state index contributed by atoms with van der Waals surface area (Å²) in [6.07, 6.45) is 1.05. The highest BCUT2D eigenvalue weighted by Crippen LogP contribution is 2.12. The van der Waals surface area contributed by atoms with Gasteiger partial charge in [0.2, 0.25) is 11.8 Å². The number of nitrogens with zero attached hydrogens (tertiary/aromatic N) is 1. The van der Waals surface area contributed by atoms with Crippen LogP contribution < -0.4 is 11.1 Å². The van der Waals surface area contributed by atoms with Gasteiger partial charge in [0.1, 0.15) is 6.04 Å². The molecule has 1 saturated heterocycles. The number of benzene rings is 1. The van der Waals surface area contributed by atoms with Gasteiger partial charge in [0, 0.05) is 25.2 Å². The van der Waals surface area contributed by atoms with E-state index in [1.807, 2.05) is 24.3 Å². The predicted octanol–water partition coefficient (Wildman–Crippen LogP) is 0.548. The Balaban J connectivity index is 1.92. The van der Waals surface area contributed by atoms with Crippen LogP contribution in [0.4, 0.5) is 5.69 Å². The van der Waals surface area contributed by atoms with Crippen LogP contribution in [0.3, 0.4) is 0 Å². The molecule has 19 heavy (non-hydrogen) atoms. The van der Waals surface area contributed by atoms with Crippen LogP contribution in [-0.2, 0) is 16.0 Å². The zero-order chi connectivity index (χ0) is 13.8. The molecule has 2 rings (SSSR count). The number of rotatable bonds is 3. The number of carbonyl (C=O) groups is 2. The molecular formula is C14H19N3O2. The molecule has 1 aliphatic heterocycles. The number of nitrogen functional groups attached to an aromatic ring is 1. The maximum absolute atomic E-state index is 12.1. The lowest BCUT2D eigenvalue weighted by molar-refractivity contribution is -0.142. The second-order valence-electron chi connectivity index (χ2n) is 4.80. The van der Waals surface area contributed by atoms with E-state index >= 15 is 0 Å². The Morgan fingerprint density at radius 1 is 1.53 bits per heavy atom. The average molecular weight is 261 g/mol. The maximum Gasteiger partial charge on any atom is 0.242 e. The van der Waals surface area contributed by atoms with Crippen molar-refractivity contribution in [2.24, 2.45) is 0 Å². The minimum atomic E-state index is -0.373. The van der Waals surface area contributed by atoms with E-state index in [1.165, 1.54) is 0 Å². The van der Waals surface area contributed by atoms with Crippen LogP contribution >= 0.6 is 0 Å². The molecule has 1 aromatic rings. The van der Waals surface area contributed by atoms with Crippen molar-refractivity contribution in [2.45, 2.75) is 25.8 Å². The quantitative estimate of drug-likeness (QED) is 0.780. The molecule has 1 heterocycles. The number of nitrogens with two attached hydrogens (primary N) is 1. The Morgan fingerprint density at radius 2 is 2.32 bits per heavy atom. The second kappa shape index (κ2) is 5.73. The van der Waals surface area contributed by atoms with Crippen LogP contribution in [-0.4, -0.2) is 35.8 Å². The maximum atomic E-state index is 12.1. The molecule has 1 atom stereocenters. The van der Waals surface area contributed by atoms with E-state index in [1.54, 1.807) is 11.8 Å². The van der Waals surface area contributed by atoms with Crippen molar-refractivity contribution in [3.8, 4) is 0 Å². The average Bonchev–Trinajstić information content (AvgIpc) is 2.39. The van der Waals surface area contributed by atoms with Gasteiger partial charge in [0.05, 0.1) is 0 Å². The van der Waals surface area contributed by atoms with Crippen LogP contribution in [0, 0.1) is 0 Å². The van der Waals surface area contributed by atoms with Gasteiger partial charge in [-0.3, -0.25) is 9.59 Å². The van der Waals surface area contributed by atoms with E-state index in [2.05, 4.69) is 5.32 Å². The van der Waals surface area contributed by atoms with Crippen LogP contribution in [0.5, 0.6) is 0 Å². The summed E-state index contributed by atoms with van der Waals surface area (Å²) in [6, 6.07) is 7.16. The molecular weight excluding hydrogens is 242 g/mol. The van der Waals surface area contributed by atoms with E-state index in [0.29, 0.717) is 31.6 Å². The zero-order valence-electron chi connectivity index (χ0n) is 11.1. The van der Waals surface area contributed by atoms with Crippen LogP contribution in [0.1, 0.15) is 18.9 Å². The number of nitrogens with one attached hydrogen (secondary N) is 1. The van der Waals surface area contributed by atoms with Crippen molar-refractivity contribution in [1.82, 2.24) is 10.2 Å². The third kappa shape index (κ3) is 3.24.